The van der Waals surface area contributed by atoms with Crippen LogP contribution in [0.25, 0.3) is 0 Å². The summed E-state index contributed by atoms with van der Waals surface area (Å²) in [7, 11) is 0. The van der Waals surface area contributed by atoms with Crippen molar-refractivity contribution in [3.63, 3.8) is 0 Å². The van der Waals surface area contributed by atoms with Crippen molar-refractivity contribution in [1.29, 1.82) is 0 Å². The lowest BCUT2D eigenvalue weighted by molar-refractivity contribution is -0.489. The summed E-state index contributed by atoms with van der Waals surface area (Å²) < 4.78 is 17.8. The van der Waals surface area contributed by atoms with Crippen molar-refractivity contribution >= 4 is 23.2 Å². The number of fused-ring (bicyclic) bond motifs is 3. The van der Waals surface area contributed by atoms with Crippen LogP contribution in [0.3, 0.4) is 0 Å². The zero-order chi connectivity index (χ0) is 14.6. The van der Waals surface area contributed by atoms with E-state index in [1.165, 1.54) is 0 Å². The van der Waals surface area contributed by atoms with Gasteiger partial charge < -0.3 is 14.2 Å². The standard InChI is InChI=1S/C15H18Cl2O3/c1-13(2,3)14-7-18-15(19-8-14,20-9-14)10-4-11(16)6-12(17)5-10/h4-6H,7-9H2,1-3H3. The highest BCUT2D eigenvalue weighted by Gasteiger charge is 2.58. The first-order chi connectivity index (χ1) is 9.26. The van der Waals surface area contributed by atoms with Gasteiger partial charge in [0.15, 0.2) is 0 Å². The maximum Gasteiger partial charge on any atom is 0.312 e. The molecule has 0 aliphatic carbocycles. The number of benzene rings is 1. The normalized spacial score (nSPS) is 33.5. The Morgan fingerprint density at radius 2 is 1.35 bits per heavy atom. The first-order valence-electron chi connectivity index (χ1n) is 6.65. The minimum absolute atomic E-state index is 0.0472. The smallest absolute Gasteiger partial charge is 0.312 e. The minimum atomic E-state index is -1.17. The van der Waals surface area contributed by atoms with E-state index in [0.29, 0.717) is 35.4 Å². The van der Waals surface area contributed by atoms with Crippen LogP contribution in [0.4, 0.5) is 0 Å². The molecule has 3 aliphatic rings. The number of hydrogen-bond acceptors (Lipinski definition) is 3. The van der Waals surface area contributed by atoms with Gasteiger partial charge in [0.2, 0.25) is 0 Å². The fraction of sp³-hybridized carbons (Fsp3) is 0.600. The SMILES string of the molecule is CC(C)(C)C12COC(c3cc(Cl)cc(Cl)c3)(OC1)OC2. The highest BCUT2D eigenvalue weighted by Crippen LogP contribution is 2.52. The van der Waals surface area contributed by atoms with E-state index in [1.54, 1.807) is 18.2 Å². The van der Waals surface area contributed by atoms with Crippen LogP contribution in [0.5, 0.6) is 0 Å². The lowest BCUT2D eigenvalue weighted by Gasteiger charge is -2.56. The highest BCUT2D eigenvalue weighted by atomic mass is 35.5. The summed E-state index contributed by atoms with van der Waals surface area (Å²) in [6, 6.07) is 5.21. The van der Waals surface area contributed by atoms with Gasteiger partial charge in [-0.25, -0.2) is 0 Å². The molecule has 0 spiro atoms. The summed E-state index contributed by atoms with van der Waals surface area (Å²) >= 11 is 12.1. The molecule has 0 saturated carbocycles. The molecule has 3 aliphatic heterocycles. The molecular weight excluding hydrogens is 299 g/mol. The predicted octanol–water partition coefficient (Wildman–Crippen LogP) is 4.21. The van der Waals surface area contributed by atoms with Crippen molar-refractivity contribution in [2.45, 2.75) is 26.7 Å². The van der Waals surface area contributed by atoms with Gasteiger partial charge in [0.25, 0.3) is 0 Å². The molecule has 20 heavy (non-hydrogen) atoms. The summed E-state index contributed by atoms with van der Waals surface area (Å²) in [5.74, 6) is -1.17. The average Bonchev–Trinajstić information content (AvgIpc) is 2.38. The van der Waals surface area contributed by atoms with Gasteiger partial charge in [0.05, 0.1) is 19.8 Å². The van der Waals surface area contributed by atoms with Gasteiger partial charge in [0, 0.05) is 21.0 Å². The Morgan fingerprint density at radius 3 is 1.75 bits per heavy atom. The maximum absolute atomic E-state index is 6.05. The second-order valence-corrected chi connectivity index (χ2v) is 7.48. The van der Waals surface area contributed by atoms with Crippen LogP contribution in [0, 0.1) is 10.8 Å². The molecular formula is C15H18Cl2O3. The van der Waals surface area contributed by atoms with Gasteiger partial charge in [0.1, 0.15) is 0 Å². The maximum atomic E-state index is 6.05. The molecule has 3 heterocycles. The van der Waals surface area contributed by atoms with Gasteiger partial charge in [-0.3, -0.25) is 0 Å². The van der Waals surface area contributed by atoms with Crippen LogP contribution < -0.4 is 0 Å². The van der Waals surface area contributed by atoms with Crippen LogP contribution in [0.2, 0.25) is 10.0 Å². The molecule has 0 radical (unpaired) electrons. The molecule has 2 bridgehead atoms. The number of ether oxygens (including phenoxy) is 3. The monoisotopic (exact) mass is 316 g/mol. The zero-order valence-electron chi connectivity index (χ0n) is 11.8. The number of halogens is 2. The van der Waals surface area contributed by atoms with Crippen LogP contribution in [-0.4, -0.2) is 19.8 Å². The van der Waals surface area contributed by atoms with Crippen LogP contribution in [0.1, 0.15) is 26.3 Å². The quantitative estimate of drug-likeness (QED) is 0.776. The Balaban J connectivity index is 1.92. The van der Waals surface area contributed by atoms with E-state index in [2.05, 4.69) is 20.8 Å². The molecule has 1 aromatic carbocycles. The molecule has 3 saturated heterocycles. The van der Waals surface area contributed by atoms with Crippen LogP contribution >= 0.6 is 23.2 Å². The van der Waals surface area contributed by atoms with Gasteiger partial charge in [-0.05, 0) is 23.6 Å². The van der Waals surface area contributed by atoms with E-state index in [0.717, 1.165) is 0 Å². The summed E-state index contributed by atoms with van der Waals surface area (Å²) in [6.07, 6.45) is 0. The predicted molar refractivity (Wildman–Crippen MR) is 77.9 cm³/mol. The van der Waals surface area contributed by atoms with Gasteiger partial charge in [-0.15, -0.1) is 0 Å². The summed E-state index contributed by atoms with van der Waals surface area (Å²) in [5.41, 5.74) is 0.639. The molecule has 0 N–H and O–H groups in total. The van der Waals surface area contributed by atoms with Crippen molar-refractivity contribution < 1.29 is 14.2 Å². The molecule has 0 atom stereocenters. The zero-order valence-corrected chi connectivity index (χ0v) is 13.3. The third kappa shape index (κ3) is 2.16. The fourth-order valence-corrected chi connectivity index (χ4v) is 3.11. The van der Waals surface area contributed by atoms with Crippen molar-refractivity contribution in [3.8, 4) is 0 Å². The van der Waals surface area contributed by atoms with Crippen LogP contribution in [-0.2, 0) is 20.2 Å². The third-order valence-electron chi connectivity index (χ3n) is 4.42. The molecule has 5 heteroatoms. The van der Waals surface area contributed by atoms with E-state index in [1.807, 2.05) is 0 Å². The van der Waals surface area contributed by atoms with E-state index in [9.17, 15) is 0 Å². The Kier molecular flexibility index (Phi) is 3.35. The van der Waals surface area contributed by atoms with Gasteiger partial charge in [-0.1, -0.05) is 44.0 Å². The van der Waals surface area contributed by atoms with Crippen LogP contribution in [0.15, 0.2) is 18.2 Å². The van der Waals surface area contributed by atoms with Gasteiger partial charge in [-0.2, -0.15) is 0 Å². The molecule has 1 aromatic rings. The highest BCUT2D eigenvalue weighted by molar-refractivity contribution is 6.34. The minimum Gasteiger partial charge on any atom is -0.323 e. The molecule has 4 rings (SSSR count). The van der Waals surface area contributed by atoms with Gasteiger partial charge >= 0.3 is 5.97 Å². The first kappa shape index (κ1) is 14.6. The largest absolute Gasteiger partial charge is 0.323 e. The lowest BCUT2D eigenvalue weighted by atomic mass is 9.67. The van der Waals surface area contributed by atoms with E-state index < -0.39 is 5.97 Å². The first-order valence-corrected chi connectivity index (χ1v) is 7.41. The second kappa shape index (κ2) is 4.59. The molecule has 0 amide bonds. The average molecular weight is 317 g/mol. The Labute approximate surface area is 129 Å². The Hall–Kier alpha value is -0.320. The molecule has 3 nitrogen and oxygen atoms in total. The van der Waals surface area contributed by atoms with Crippen molar-refractivity contribution in [1.82, 2.24) is 0 Å². The fourth-order valence-electron chi connectivity index (χ4n) is 2.58. The lowest BCUT2D eigenvalue weighted by Crippen LogP contribution is -2.62. The topological polar surface area (TPSA) is 27.7 Å². The van der Waals surface area contributed by atoms with Crippen molar-refractivity contribution in [2.75, 3.05) is 19.8 Å². The van der Waals surface area contributed by atoms with E-state index in [4.69, 9.17) is 37.4 Å². The third-order valence-corrected chi connectivity index (χ3v) is 4.86. The molecule has 110 valence electrons. The van der Waals surface area contributed by atoms with E-state index in [-0.39, 0.29) is 10.8 Å². The Morgan fingerprint density at radius 1 is 0.900 bits per heavy atom. The molecule has 3 fully saturated rings. The summed E-state index contributed by atoms with van der Waals surface area (Å²) in [4.78, 5) is 0. The summed E-state index contributed by atoms with van der Waals surface area (Å²) in [6.45, 7) is 8.33. The molecule has 0 unspecified atom stereocenters. The van der Waals surface area contributed by atoms with Crippen molar-refractivity contribution in [2.24, 2.45) is 10.8 Å². The second-order valence-electron chi connectivity index (χ2n) is 6.61. The van der Waals surface area contributed by atoms with Crippen molar-refractivity contribution in [3.05, 3.63) is 33.8 Å². The Bertz CT molecular complexity index is 492. The molecule has 0 aromatic heterocycles. The summed E-state index contributed by atoms with van der Waals surface area (Å²) in [5, 5.41) is 1.08. The number of hydrogen-bond donors (Lipinski definition) is 0. The number of rotatable bonds is 1. The van der Waals surface area contributed by atoms with E-state index >= 15 is 0 Å².